The summed E-state index contributed by atoms with van der Waals surface area (Å²) in [5, 5.41) is 4.61. The van der Waals surface area contributed by atoms with Crippen molar-refractivity contribution in [3.8, 4) is 17.2 Å². The van der Waals surface area contributed by atoms with E-state index in [9.17, 15) is 27.2 Å². The van der Waals surface area contributed by atoms with Gasteiger partial charge in [0.2, 0.25) is 10.0 Å². The van der Waals surface area contributed by atoms with Crippen molar-refractivity contribution in [1.29, 1.82) is 0 Å². The summed E-state index contributed by atoms with van der Waals surface area (Å²) in [6, 6.07) is 10.7. The second kappa shape index (κ2) is 16.1. The molecule has 2 aromatic carbocycles. The predicted octanol–water partition coefficient (Wildman–Crippen LogP) is 5.15. The van der Waals surface area contributed by atoms with Crippen LogP contribution in [0.1, 0.15) is 75.1 Å². The van der Waals surface area contributed by atoms with Crippen molar-refractivity contribution in [3.05, 3.63) is 75.5 Å². The summed E-state index contributed by atoms with van der Waals surface area (Å²) in [4.78, 5) is 42.0. The van der Waals surface area contributed by atoms with Gasteiger partial charge in [0.15, 0.2) is 17.3 Å². The lowest BCUT2D eigenvalue weighted by atomic mass is 9.97. The number of nitrogens with zero attached hydrogens (tertiary/aromatic N) is 5. The van der Waals surface area contributed by atoms with E-state index in [-0.39, 0.29) is 83.8 Å². The molecule has 0 saturated heterocycles. The monoisotopic (exact) mass is 769 g/mol. The number of esters is 1. The molecule has 0 N–H and O–H groups in total. The van der Waals surface area contributed by atoms with Crippen molar-refractivity contribution in [1.82, 2.24) is 19.2 Å². The third kappa shape index (κ3) is 8.17. The quantitative estimate of drug-likeness (QED) is 0.117. The summed E-state index contributed by atoms with van der Waals surface area (Å²) in [6.07, 6.45) is 0.473. The maximum atomic E-state index is 14.6. The molecule has 0 fully saturated rings. The van der Waals surface area contributed by atoms with Crippen molar-refractivity contribution >= 4 is 38.6 Å². The number of carbonyl (C=O) groups excluding carboxylic acids is 2. The van der Waals surface area contributed by atoms with Crippen LogP contribution in [0.3, 0.4) is 0 Å². The molecule has 14 nitrogen and oxygen atoms in total. The minimum absolute atomic E-state index is 0.00366. The molecular weight excluding hydrogens is 722 g/mol. The van der Waals surface area contributed by atoms with Crippen LogP contribution in [0.15, 0.2) is 47.3 Å². The number of rotatable bonds is 15. The van der Waals surface area contributed by atoms with Crippen LogP contribution < -0.4 is 24.1 Å². The number of benzene rings is 2. The minimum atomic E-state index is -4.08. The predicted molar refractivity (Wildman–Crippen MR) is 201 cm³/mol. The lowest BCUT2D eigenvalue weighted by Crippen LogP contribution is -2.42. The smallest absolute Gasteiger partial charge is 0.311 e. The first-order chi connectivity index (χ1) is 25.5. The maximum Gasteiger partial charge on any atom is 0.311 e. The van der Waals surface area contributed by atoms with Crippen LogP contribution in [-0.2, 0) is 32.7 Å². The molecule has 0 aliphatic carbocycles. The molecule has 2 aromatic heterocycles. The van der Waals surface area contributed by atoms with Gasteiger partial charge in [-0.1, -0.05) is 18.2 Å². The third-order valence-corrected chi connectivity index (χ3v) is 11.1. The van der Waals surface area contributed by atoms with Gasteiger partial charge >= 0.3 is 5.97 Å². The summed E-state index contributed by atoms with van der Waals surface area (Å²) in [5.41, 5.74) is 0.0986. The van der Waals surface area contributed by atoms with Crippen molar-refractivity contribution in [2.45, 2.75) is 66.7 Å². The summed E-state index contributed by atoms with van der Waals surface area (Å²) in [5.74, 6) is -0.911. The highest BCUT2D eigenvalue weighted by atomic mass is 32.2. The van der Waals surface area contributed by atoms with Crippen molar-refractivity contribution in [2.75, 3.05) is 51.0 Å². The molecule has 5 rings (SSSR count). The van der Waals surface area contributed by atoms with Crippen molar-refractivity contribution in [2.24, 2.45) is 5.41 Å². The van der Waals surface area contributed by atoms with Crippen LogP contribution in [-0.4, -0.2) is 86.3 Å². The molecule has 1 amide bonds. The average molecular weight is 770 g/mol. The Bertz CT molecular complexity index is 2190. The number of hydrogen-bond acceptors (Lipinski definition) is 10. The number of ether oxygens (including phenoxy) is 4. The Morgan fingerprint density at radius 2 is 1.76 bits per heavy atom. The molecule has 1 aliphatic heterocycles. The van der Waals surface area contributed by atoms with Gasteiger partial charge in [-0.25, -0.2) is 17.5 Å². The van der Waals surface area contributed by atoms with E-state index in [4.69, 9.17) is 18.9 Å². The van der Waals surface area contributed by atoms with Crippen LogP contribution in [0, 0.1) is 11.2 Å². The first kappa shape index (κ1) is 40.1. The van der Waals surface area contributed by atoms with Gasteiger partial charge in [-0.2, -0.15) is 0 Å². The highest BCUT2D eigenvalue weighted by molar-refractivity contribution is 7.92. The SMILES string of the molecule is CCN1C[C@H](C)n2c(c(OC)c3c(=O)n(Cc4ccc(F)cc4OCc4ccc(OC)cc4)nc(N(C)S(=O)(=O)CCCCOC(=O)C(C)(C)C)c32)C1=O. The summed E-state index contributed by atoms with van der Waals surface area (Å²) < 4.78 is 68.5. The molecular formula is C38H48FN5O9S. The second-order valence-electron chi connectivity index (χ2n) is 14.2. The topological polar surface area (TPSA) is 152 Å². The molecule has 1 atom stereocenters. The average Bonchev–Trinajstić information content (AvgIpc) is 3.50. The molecule has 4 aromatic rings. The van der Waals surface area contributed by atoms with Crippen LogP contribution in [0.4, 0.5) is 10.2 Å². The highest BCUT2D eigenvalue weighted by Crippen LogP contribution is 2.41. The number of methoxy groups -OCH3 is 2. The first-order valence-corrected chi connectivity index (χ1v) is 19.3. The number of carbonyl (C=O) groups is 2. The molecule has 16 heteroatoms. The van der Waals surface area contributed by atoms with Crippen LogP contribution in [0.25, 0.3) is 10.9 Å². The third-order valence-electron chi connectivity index (χ3n) is 9.30. The van der Waals surface area contributed by atoms with Crippen molar-refractivity contribution in [3.63, 3.8) is 0 Å². The second-order valence-corrected chi connectivity index (χ2v) is 16.3. The van der Waals surface area contributed by atoms with Gasteiger partial charge in [0.1, 0.15) is 34.8 Å². The van der Waals surface area contributed by atoms with Crippen LogP contribution in [0.2, 0.25) is 0 Å². The molecule has 1 aliphatic rings. The Hall–Kier alpha value is -5.12. The largest absolute Gasteiger partial charge is 0.497 e. The van der Waals surface area contributed by atoms with Gasteiger partial charge in [-0.05, 0) is 71.2 Å². The maximum absolute atomic E-state index is 14.6. The molecule has 0 spiro atoms. The number of fused-ring (bicyclic) bond motifs is 3. The highest BCUT2D eigenvalue weighted by Gasteiger charge is 2.39. The van der Waals surface area contributed by atoms with E-state index in [1.807, 2.05) is 26.0 Å². The molecule has 0 saturated carbocycles. The zero-order valence-electron chi connectivity index (χ0n) is 32.0. The lowest BCUT2D eigenvalue weighted by Gasteiger charge is -2.33. The number of likely N-dealkylation sites (N-methyl/N-ethyl adjacent to an activating group) is 1. The number of halogens is 1. The Balaban J connectivity index is 1.58. The number of sulfonamides is 1. The van der Waals surface area contributed by atoms with E-state index in [0.717, 1.165) is 14.6 Å². The van der Waals surface area contributed by atoms with Gasteiger partial charge in [-0.3, -0.25) is 18.7 Å². The molecule has 0 bridgehead atoms. The first-order valence-electron chi connectivity index (χ1n) is 17.7. The van der Waals surface area contributed by atoms with Gasteiger partial charge in [-0.15, -0.1) is 5.10 Å². The fraction of sp³-hybridized carbons (Fsp3) is 0.474. The summed E-state index contributed by atoms with van der Waals surface area (Å²) >= 11 is 0. The summed E-state index contributed by atoms with van der Waals surface area (Å²) in [6.45, 7) is 9.53. The number of aromatic nitrogens is 3. The Labute approximate surface area is 314 Å². The van der Waals surface area contributed by atoms with E-state index in [0.29, 0.717) is 30.8 Å². The fourth-order valence-electron chi connectivity index (χ4n) is 6.26. The summed E-state index contributed by atoms with van der Waals surface area (Å²) in [7, 11) is 0.164. The zero-order chi connectivity index (χ0) is 39.5. The van der Waals surface area contributed by atoms with Gasteiger partial charge < -0.3 is 28.4 Å². The number of amides is 1. The fourth-order valence-corrected chi connectivity index (χ4v) is 7.49. The van der Waals surface area contributed by atoms with E-state index in [2.05, 4.69) is 5.10 Å². The van der Waals surface area contributed by atoms with E-state index in [1.165, 1.54) is 32.4 Å². The van der Waals surface area contributed by atoms with Crippen LogP contribution >= 0.6 is 0 Å². The molecule has 3 heterocycles. The normalized spacial score (nSPS) is 14.6. The Kier molecular flexibility index (Phi) is 11.9. The van der Waals surface area contributed by atoms with Crippen LogP contribution in [0.5, 0.6) is 17.2 Å². The number of hydrogen-bond donors (Lipinski definition) is 0. The van der Waals surface area contributed by atoms with Gasteiger partial charge in [0, 0.05) is 37.8 Å². The number of unbranched alkanes of at least 4 members (excludes halogenated alkanes) is 1. The Morgan fingerprint density at radius 1 is 1.06 bits per heavy atom. The standard InChI is InChI=1S/C38H48FN5O9S/c1-9-42-21-24(2)44-31-30(33(51-8)32(44)36(42)46)35(45)43(40-34(31)41(6)54(48,49)19-11-10-18-52-37(47)38(3,4)5)22-26-14-15-27(39)20-29(26)53-23-25-12-16-28(50-7)17-13-25/h12-17,20,24H,9-11,18-19,21-23H2,1-8H3/t24-/m0/s1. The Morgan fingerprint density at radius 3 is 2.39 bits per heavy atom. The lowest BCUT2D eigenvalue weighted by molar-refractivity contribution is -0.153. The molecule has 54 heavy (non-hydrogen) atoms. The zero-order valence-corrected chi connectivity index (χ0v) is 32.8. The van der Waals surface area contributed by atoms with E-state index < -0.39 is 26.8 Å². The molecule has 0 unspecified atom stereocenters. The van der Waals surface area contributed by atoms with Crippen molar-refractivity contribution < 1.29 is 41.3 Å². The van der Waals surface area contributed by atoms with E-state index in [1.54, 1.807) is 49.5 Å². The molecule has 0 radical (unpaired) electrons. The molecule has 292 valence electrons. The number of anilines is 1. The van der Waals surface area contributed by atoms with Gasteiger partial charge in [0.05, 0.1) is 38.5 Å². The van der Waals surface area contributed by atoms with E-state index >= 15 is 0 Å². The van der Waals surface area contributed by atoms with Gasteiger partial charge in [0.25, 0.3) is 11.5 Å². The minimum Gasteiger partial charge on any atom is -0.497 e.